The van der Waals surface area contributed by atoms with Gasteiger partial charge in [0.25, 0.3) is 0 Å². The minimum atomic E-state index is 0.347. The van der Waals surface area contributed by atoms with Gasteiger partial charge in [0.15, 0.2) is 0 Å². The molecule has 3 rings (SSSR count). The second-order valence-corrected chi connectivity index (χ2v) is 8.34. The van der Waals surface area contributed by atoms with Gasteiger partial charge >= 0.3 is 0 Å². The van der Waals surface area contributed by atoms with E-state index in [1.54, 1.807) is 0 Å². The molecule has 1 heteroatoms. The maximum Gasteiger partial charge on any atom is 0.0483 e. The van der Waals surface area contributed by atoms with Gasteiger partial charge in [-0.2, -0.15) is 0 Å². The molecule has 154 valence electrons. The highest BCUT2D eigenvalue weighted by Crippen LogP contribution is 2.34. The highest BCUT2D eigenvalue weighted by Gasteiger charge is 2.21. The highest BCUT2D eigenvalue weighted by atomic mass is 15.2. The Hall–Kier alpha value is -3.06. The van der Waals surface area contributed by atoms with Crippen LogP contribution in [-0.2, 0) is 6.54 Å². The standard InChI is InChI=1S/C29H33N/c1-21(2)30(20-26-18-16-22(3)17-19-26)29(28-15-11-10-12-23(28)4)25(6)24(5)27-13-8-7-9-14-27/h7-19,21H,5,20H2,1-4,6H3/b29-25+. The Balaban J connectivity index is 2.15. The predicted octanol–water partition coefficient (Wildman–Crippen LogP) is 7.66. The van der Waals surface area contributed by atoms with Crippen molar-refractivity contribution in [2.45, 2.75) is 47.2 Å². The monoisotopic (exact) mass is 395 g/mol. The van der Waals surface area contributed by atoms with E-state index in [0.29, 0.717) is 6.04 Å². The van der Waals surface area contributed by atoms with Gasteiger partial charge in [-0.3, -0.25) is 0 Å². The van der Waals surface area contributed by atoms with E-state index in [-0.39, 0.29) is 0 Å². The van der Waals surface area contributed by atoms with Gasteiger partial charge in [-0.25, -0.2) is 0 Å². The summed E-state index contributed by atoms with van der Waals surface area (Å²) in [6, 6.07) is 28.4. The summed E-state index contributed by atoms with van der Waals surface area (Å²) in [5.41, 5.74) is 9.88. The van der Waals surface area contributed by atoms with Crippen molar-refractivity contribution in [1.82, 2.24) is 4.90 Å². The molecule has 0 saturated heterocycles. The van der Waals surface area contributed by atoms with E-state index in [1.807, 2.05) is 0 Å². The molecule has 0 bridgehead atoms. The topological polar surface area (TPSA) is 3.24 Å². The Morgan fingerprint density at radius 2 is 1.43 bits per heavy atom. The van der Waals surface area contributed by atoms with Crippen LogP contribution in [-0.4, -0.2) is 10.9 Å². The highest BCUT2D eigenvalue weighted by molar-refractivity contribution is 5.87. The smallest absolute Gasteiger partial charge is 0.0483 e. The molecular formula is C29H33N. The molecule has 0 atom stereocenters. The van der Waals surface area contributed by atoms with Crippen LogP contribution < -0.4 is 0 Å². The molecule has 0 saturated carbocycles. The lowest BCUT2D eigenvalue weighted by Crippen LogP contribution is -2.30. The predicted molar refractivity (Wildman–Crippen MR) is 131 cm³/mol. The Morgan fingerprint density at radius 1 is 0.833 bits per heavy atom. The lowest BCUT2D eigenvalue weighted by Gasteiger charge is -2.34. The van der Waals surface area contributed by atoms with Gasteiger partial charge in [0, 0.05) is 23.8 Å². The van der Waals surface area contributed by atoms with Crippen molar-refractivity contribution < 1.29 is 0 Å². The normalized spacial score (nSPS) is 11.9. The van der Waals surface area contributed by atoms with Crippen LogP contribution in [0.3, 0.4) is 0 Å². The molecule has 0 aliphatic heterocycles. The molecule has 0 N–H and O–H groups in total. The van der Waals surface area contributed by atoms with Crippen LogP contribution in [0, 0.1) is 13.8 Å². The number of nitrogens with zero attached hydrogens (tertiary/aromatic N) is 1. The van der Waals surface area contributed by atoms with Crippen molar-refractivity contribution in [3.8, 4) is 0 Å². The number of allylic oxidation sites excluding steroid dienone is 2. The van der Waals surface area contributed by atoms with E-state index in [0.717, 1.165) is 12.1 Å². The number of aryl methyl sites for hydroxylation is 2. The lowest BCUT2D eigenvalue weighted by atomic mass is 9.93. The van der Waals surface area contributed by atoms with Gasteiger partial charge in [0.1, 0.15) is 0 Å². The molecule has 0 fully saturated rings. The molecule has 0 aliphatic rings. The van der Waals surface area contributed by atoms with Crippen molar-refractivity contribution in [3.63, 3.8) is 0 Å². The molecule has 30 heavy (non-hydrogen) atoms. The van der Waals surface area contributed by atoms with Crippen LogP contribution in [0.4, 0.5) is 0 Å². The van der Waals surface area contributed by atoms with E-state index < -0.39 is 0 Å². The van der Waals surface area contributed by atoms with Crippen LogP contribution in [0.25, 0.3) is 11.3 Å². The molecule has 0 amide bonds. The molecule has 0 unspecified atom stereocenters. The molecule has 0 heterocycles. The summed E-state index contributed by atoms with van der Waals surface area (Å²) in [5, 5.41) is 0. The first-order chi connectivity index (χ1) is 14.4. The fourth-order valence-electron chi connectivity index (χ4n) is 3.82. The Kier molecular flexibility index (Phi) is 6.95. The summed E-state index contributed by atoms with van der Waals surface area (Å²) in [5.74, 6) is 0. The molecule has 3 aromatic carbocycles. The summed E-state index contributed by atoms with van der Waals surface area (Å²) in [4.78, 5) is 2.51. The van der Waals surface area contributed by atoms with Gasteiger partial charge in [0.05, 0.1) is 0 Å². The molecule has 3 aromatic rings. The number of hydrogen-bond acceptors (Lipinski definition) is 1. The van der Waals surface area contributed by atoms with E-state index in [4.69, 9.17) is 0 Å². The number of benzene rings is 3. The third kappa shape index (κ3) is 4.91. The molecule has 1 nitrogen and oxygen atoms in total. The SMILES string of the molecule is C=C(/C(C)=C(\c1ccccc1C)N(Cc1ccc(C)cc1)C(C)C)c1ccccc1. The van der Waals surface area contributed by atoms with Crippen molar-refractivity contribution >= 4 is 11.3 Å². The fourth-order valence-corrected chi connectivity index (χ4v) is 3.82. The minimum Gasteiger partial charge on any atom is -0.364 e. The first-order valence-electron chi connectivity index (χ1n) is 10.7. The van der Waals surface area contributed by atoms with Gasteiger partial charge in [-0.15, -0.1) is 0 Å². The molecular weight excluding hydrogens is 362 g/mol. The van der Waals surface area contributed by atoms with Crippen molar-refractivity contribution in [2.75, 3.05) is 0 Å². The second kappa shape index (κ2) is 9.63. The summed E-state index contributed by atoms with van der Waals surface area (Å²) in [6.45, 7) is 16.4. The minimum absolute atomic E-state index is 0.347. The Morgan fingerprint density at radius 3 is 2.03 bits per heavy atom. The third-order valence-electron chi connectivity index (χ3n) is 5.71. The van der Waals surface area contributed by atoms with Gasteiger partial charge < -0.3 is 4.90 Å². The van der Waals surface area contributed by atoms with Gasteiger partial charge in [-0.1, -0.05) is 91.0 Å². The average molecular weight is 396 g/mol. The van der Waals surface area contributed by atoms with Crippen LogP contribution in [0.15, 0.2) is 91.0 Å². The summed E-state index contributed by atoms with van der Waals surface area (Å²) >= 11 is 0. The maximum absolute atomic E-state index is 4.48. The fraction of sp³-hybridized carbons (Fsp3) is 0.241. The summed E-state index contributed by atoms with van der Waals surface area (Å²) < 4.78 is 0. The molecule has 0 radical (unpaired) electrons. The van der Waals surface area contributed by atoms with Crippen molar-refractivity contribution in [3.05, 3.63) is 119 Å². The van der Waals surface area contributed by atoms with E-state index in [1.165, 1.54) is 39.1 Å². The average Bonchev–Trinajstić information content (AvgIpc) is 2.75. The van der Waals surface area contributed by atoms with Crippen LogP contribution >= 0.6 is 0 Å². The van der Waals surface area contributed by atoms with Crippen LogP contribution in [0.1, 0.15) is 48.6 Å². The maximum atomic E-state index is 4.48. The van der Waals surface area contributed by atoms with Crippen LogP contribution in [0.2, 0.25) is 0 Å². The number of rotatable bonds is 7. The van der Waals surface area contributed by atoms with E-state index >= 15 is 0 Å². The zero-order chi connectivity index (χ0) is 21.7. The van der Waals surface area contributed by atoms with Crippen molar-refractivity contribution in [1.29, 1.82) is 0 Å². The molecule has 0 aromatic heterocycles. The van der Waals surface area contributed by atoms with Gasteiger partial charge in [0.2, 0.25) is 0 Å². The molecule has 0 spiro atoms. The lowest BCUT2D eigenvalue weighted by molar-refractivity contribution is 0.321. The summed E-state index contributed by atoms with van der Waals surface area (Å²) in [6.07, 6.45) is 0. The quantitative estimate of drug-likeness (QED) is 0.371. The molecule has 0 aliphatic carbocycles. The largest absolute Gasteiger partial charge is 0.364 e. The van der Waals surface area contributed by atoms with Crippen LogP contribution in [0.5, 0.6) is 0 Å². The Bertz CT molecular complexity index is 1020. The van der Waals surface area contributed by atoms with E-state index in [2.05, 4.69) is 125 Å². The number of hydrogen-bond donors (Lipinski definition) is 0. The van der Waals surface area contributed by atoms with Crippen molar-refractivity contribution in [2.24, 2.45) is 0 Å². The second-order valence-electron chi connectivity index (χ2n) is 8.34. The Labute approximate surface area is 182 Å². The first-order valence-corrected chi connectivity index (χ1v) is 10.7. The first kappa shape index (κ1) is 21.6. The van der Waals surface area contributed by atoms with E-state index in [9.17, 15) is 0 Å². The van der Waals surface area contributed by atoms with Gasteiger partial charge in [-0.05, 0) is 62.5 Å². The third-order valence-corrected chi connectivity index (χ3v) is 5.71. The zero-order valence-electron chi connectivity index (χ0n) is 18.9. The summed E-state index contributed by atoms with van der Waals surface area (Å²) in [7, 11) is 0. The zero-order valence-corrected chi connectivity index (χ0v) is 18.9.